The molecule has 1 fully saturated rings. The minimum absolute atomic E-state index is 0.589. The van der Waals surface area contributed by atoms with Gasteiger partial charge in [-0.2, -0.15) is 0 Å². The van der Waals surface area contributed by atoms with Gasteiger partial charge in [-0.15, -0.1) is 11.3 Å². The molecule has 1 aromatic heterocycles. The van der Waals surface area contributed by atoms with Gasteiger partial charge in [-0.25, -0.2) is 4.98 Å². The van der Waals surface area contributed by atoms with Crippen molar-refractivity contribution in [1.82, 2.24) is 15.6 Å². The summed E-state index contributed by atoms with van der Waals surface area (Å²) in [7, 11) is 1.80. The van der Waals surface area contributed by atoms with Crippen LogP contribution in [0, 0.1) is 5.92 Å². The third-order valence-corrected chi connectivity index (χ3v) is 5.14. The number of aromatic nitrogens is 1. The highest BCUT2D eigenvalue weighted by atomic mass is 32.1. The number of rotatable bonds is 10. The van der Waals surface area contributed by atoms with Gasteiger partial charge < -0.3 is 20.1 Å². The second-order valence-electron chi connectivity index (χ2n) is 5.91. The topological polar surface area (TPSA) is 67.8 Å². The highest BCUT2D eigenvalue weighted by molar-refractivity contribution is 7.11. The number of aliphatic imine (C=N–C) groups is 1. The molecule has 1 unspecified atom stereocenters. The van der Waals surface area contributed by atoms with E-state index in [0.717, 1.165) is 71.2 Å². The molecule has 24 heavy (non-hydrogen) atoms. The first kappa shape index (κ1) is 19.1. The summed E-state index contributed by atoms with van der Waals surface area (Å²) in [6.07, 6.45) is 6.07. The molecule has 1 atom stereocenters. The molecule has 136 valence electrons. The number of hydrogen-bond donors (Lipinski definition) is 2. The van der Waals surface area contributed by atoms with Gasteiger partial charge in [-0.05, 0) is 19.3 Å². The molecular weight excluding hydrogens is 324 g/mol. The minimum atomic E-state index is 0.589. The first-order valence-electron chi connectivity index (χ1n) is 8.85. The summed E-state index contributed by atoms with van der Waals surface area (Å²) >= 11 is 1.79. The molecule has 6 nitrogen and oxygen atoms in total. The number of guanidine groups is 1. The maximum atomic E-state index is 5.70. The molecule has 1 aromatic rings. The molecule has 0 spiro atoms. The molecule has 2 rings (SSSR count). The van der Waals surface area contributed by atoms with Crippen molar-refractivity contribution in [2.24, 2.45) is 10.9 Å². The number of aryl methyl sites for hydroxylation is 1. The second kappa shape index (κ2) is 11.4. The van der Waals surface area contributed by atoms with Crippen molar-refractivity contribution in [3.8, 4) is 0 Å². The SMILES string of the molecule is CCc1cnc(CCNC(=NC)NCCCOCC2CCOC2)s1. The van der Waals surface area contributed by atoms with Crippen LogP contribution in [0.25, 0.3) is 0 Å². The Labute approximate surface area is 149 Å². The summed E-state index contributed by atoms with van der Waals surface area (Å²) in [4.78, 5) is 10.0. The maximum Gasteiger partial charge on any atom is 0.190 e. The van der Waals surface area contributed by atoms with E-state index in [9.17, 15) is 0 Å². The fourth-order valence-electron chi connectivity index (χ4n) is 2.48. The van der Waals surface area contributed by atoms with Gasteiger partial charge in [-0.3, -0.25) is 4.99 Å². The van der Waals surface area contributed by atoms with Crippen LogP contribution in [0.4, 0.5) is 0 Å². The molecule has 1 saturated heterocycles. The molecule has 0 aliphatic carbocycles. The highest BCUT2D eigenvalue weighted by Gasteiger charge is 2.15. The van der Waals surface area contributed by atoms with Crippen LogP contribution >= 0.6 is 11.3 Å². The van der Waals surface area contributed by atoms with Crippen LogP contribution in [0.3, 0.4) is 0 Å². The zero-order chi connectivity index (χ0) is 17.0. The second-order valence-corrected chi connectivity index (χ2v) is 7.11. The van der Waals surface area contributed by atoms with Gasteiger partial charge in [0, 0.05) is 56.8 Å². The number of nitrogens with one attached hydrogen (secondary N) is 2. The van der Waals surface area contributed by atoms with Gasteiger partial charge in [0.2, 0.25) is 0 Å². The molecule has 0 amide bonds. The number of ether oxygens (including phenoxy) is 2. The fourth-order valence-corrected chi connectivity index (χ4v) is 3.34. The lowest BCUT2D eigenvalue weighted by atomic mass is 10.1. The van der Waals surface area contributed by atoms with E-state index >= 15 is 0 Å². The molecule has 1 aliphatic rings. The van der Waals surface area contributed by atoms with E-state index in [1.807, 2.05) is 6.20 Å². The Morgan fingerprint density at radius 2 is 2.33 bits per heavy atom. The smallest absolute Gasteiger partial charge is 0.190 e. The third kappa shape index (κ3) is 7.15. The van der Waals surface area contributed by atoms with Crippen LogP contribution in [0.15, 0.2) is 11.2 Å². The fraction of sp³-hybridized carbons (Fsp3) is 0.765. The van der Waals surface area contributed by atoms with E-state index in [1.54, 1.807) is 18.4 Å². The van der Waals surface area contributed by atoms with Crippen LogP contribution < -0.4 is 10.6 Å². The standard InChI is InChI=1S/C17H30N4O2S/c1-3-15-11-21-16(24-15)5-8-20-17(18-2)19-7-4-9-22-12-14-6-10-23-13-14/h11,14H,3-10,12-13H2,1-2H3,(H2,18,19,20). The molecule has 0 aromatic carbocycles. The molecule has 2 heterocycles. The van der Waals surface area contributed by atoms with Crippen molar-refractivity contribution in [2.45, 2.75) is 32.6 Å². The van der Waals surface area contributed by atoms with Crippen LogP contribution in [0.5, 0.6) is 0 Å². The van der Waals surface area contributed by atoms with E-state index in [2.05, 4.69) is 27.5 Å². The number of hydrogen-bond acceptors (Lipinski definition) is 5. The highest BCUT2D eigenvalue weighted by Crippen LogP contribution is 2.13. The summed E-state index contributed by atoms with van der Waals surface area (Å²) in [6.45, 7) is 7.20. The summed E-state index contributed by atoms with van der Waals surface area (Å²) in [5.41, 5.74) is 0. The Bertz CT molecular complexity index is 487. The van der Waals surface area contributed by atoms with Gasteiger partial charge in [0.25, 0.3) is 0 Å². The van der Waals surface area contributed by atoms with Crippen molar-refractivity contribution < 1.29 is 9.47 Å². The maximum absolute atomic E-state index is 5.70. The Balaban J connectivity index is 1.49. The summed E-state index contributed by atoms with van der Waals surface area (Å²) in [5.74, 6) is 1.43. The minimum Gasteiger partial charge on any atom is -0.381 e. The van der Waals surface area contributed by atoms with Crippen LogP contribution in [0.2, 0.25) is 0 Å². The lowest BCUT2D eigenvalue weighted by Crippen LogP contribution is -2.39. The molecule has 0 radical (unpaired) electrons. The Hall–Kier alpha value is -1.18. The van der Waals surface area contributed by atoms with Crippen molar-refractivity contribution in [2.75, 3.05) is 46.6 Å². The van der Waals surface area contributed by atoms with Gasteiger partial charge in [-0.1, -0.05) is 6.92 Å². The predicted molar refractivity (Wildman–Crippen MR) is 98.9 cm³/mol. The van der Waals surface area contributed by atoms with E-state index in [1.165, 1.54) is 9.88 Å². The quantitative estimate of drug-likeness (QED) is 0.381. The van der Waals surface area contributed by atoms with Crippen molar-refractivity contribution in [3.63, 3.8) is 0 Å². The van der Waals surface area contributed by atoms with Gasteiger partial charge in [0.05, 0.1) is 18.2 Å². The lowest BCUT2D eigenvalue weighted by Gasteiger charge is -2.12. The normalized spacial score (nSPS) is 18.1. The number of nitrogens with zero attached hydrogens (tertiary/aromatic N) is 2. The molecule has 1 aliphatic heterocycles. The average molecular weight is 355 g/mol. The van der Waals surface area contributed by atoms with Crippen LogP contribution in [-0.4, -0.2) is 57.5 Å². The molecular formula is C17H30N4O2S. The van der Waals surface area contributed by atoms with E-state index in [-0.39, 0.29) is 0 Å². The number of thiazole rings is 1. The van der Waals surface area contributed by atoms with Crippen molar-refractivity contribution in [1.29, 1.82) is 0 Å². The van der Waals surface area contributed by atoms with Crippen LogP contribution in [-0.2, 0) is 22.3 Å². The zero-order valence-electron chi connectivity index (χ0n) is 14.8. The summed E-state index contributed by atoms with van der Waals surface area (Å²) < 4.78 is 11.0. The Morgan fingerprint density at radius 3 is 3.04 bits per heavy atom. The first-order valence-corrected chi connectivity index (χ1v) is 9.67. The zero-order valence-corrected chi connectivity index (χ0v) is 15.7. The van der Waals surface area contributed by atoms with Crippen LogP contribution in [0.1, 0.15) is 29.7 Å². The van der Waals surface area contributed by atoms with Gasteiger partial charge in [0.1, 0.15) is 0 Å². The van der Waals surface area contributed by atoms with Crippen molar-refractivity contribution in [3.05, 3.63) is 16.1 Å². The molecule has 0 saturated carbocycles. The predicted octanol–water partition coefficient (Wildman–Crippen LogP) is 1.86. The molecule has 0 bridgehead atoms. The largest absolute Gasteiger partial charge is 0.381 e. The van der Waals surface area contributed by atoms with Gasteiger partial charge >= 0.3 is 0 Å². The Morgan fingerprint density at radius 1 is 1.46 bits per heavy atom. The molecule has 2 N–H and O–H groups in total. The van der Waals surface area contributed by atoms with E-state index in [4.69, 9.17) is 9.47 Å². The van der Waals surface area contributed by atoms with Crippen molar-refractivity contribution >= 4 is 17.3 Å². The van der Waals surface area contributed by atoms with E-state index in [0.29, 0.717) is 5.92 Å². The Kier molecular flexibility index (Phi) is 9.09. The van der Waals surface area contributed by atoms with Gasteiger partial charge in [0.15, 0.2) is 5.96 Å². The first-order chi connectivity index (χ1) is 11.8. The monoisotopic (exact) mass is 354 g/mol. The average Bonchev–Trinajstić information content (AvgIpc) is 3.27. The molecule has 7 heteroatoms. The lowest BCUT2D eigenvalue weighted by molar-refractivity contribution is 0.0888. The third-order valence-electron chi connectivity index (χ3n) is 3.94. The summed E-state index contributed by atoms with van der Waals surface area (Å²) in [6, 6.07) is 0. The summed E-state index contributed by atoms with van der Waals surface area (Å²) in [5, 5.41) is 7.83. The van der Waals surface area contributed by atoms with E-state index < -0.39 is 0 Å².